The highest BCUT2D eigenvalue weighted by atomic mass is 32.2. The summed E-state index contributed by atoms with van der Waals surface area (Å²) in [4.78, 5) is 16.6. The van der Waals surface area contributed by atoms with Crippen LogP contribution in [0.1, 0.15) is 66.7 Å². The van der Waals surface area contributed by atoms with Gasteiger partial charge in [0.25, 0.3) is 0 Å². The van der Waals surface area contributed by atoms with Crippen LogP contribution in [-0.4, -0.2) is 74.9 Å². The first kappa shape index (κ1) is 26.5. The van der Waals surface area contributed by atoms with Gasteiger partial charge in [-0.05, 0) is 47.0 Å². The van der Waals surface area contributed by atoms with E-state index in [1.54, 1.807) is 4.31 Å². The Morgan fingerprint density at radius 3 is 2.53 bits per heavy atom. The number of sulfonamides is 1. The molecule has 0 bridgehead atoms. The maximum atomic E-state index is 12.0. The molecule has 1 aliphatic rings. The van der Waals surface area contributed by atoms with E-state index in [2.05, 4.69) is 27.9 Å². The Bertz CT molecular complexity index is 661. The van der Waals surface area contributed by atoms with Crippen molar-refractivity contribution in [1.29, 1.82) is 0 Å². The first-order chi connectivity index (χ1) is 14.0. The van der Waals surface area contributed by atoms with Crippen LogP contribution in [0.2, 0.25) is 0 Å². The standard InChI is InChI=1S/C20H41N5O4S/c1-7-9-11-16(14-23-19(26)29-20(3,4)5)24-18(21-8-2)22-15-17-12-10-13-25(17)30(6,27)28/h16-17H,7-15H2,1-6H3,(H,23,26)(H2,21,22,24)/t16?,17-/m1/s1. The summed E-state index contributed by atoms with van der Waals surface area (Å²) in [6.45, 7) is 11.7. The average molecular weight is 448 g/mol. The predicted octanol–water partition coefficient (Wildman–Crippen LogP) is 2.05. The molecule has 1 unspecified atom stereocenters. The first-order valence-corrected chi connectivity index (χ1v) is 12.8. The van der Waals surface area contributed by atoms with E-state index in [9.17, 15) is 13.2 Å². The van der Waals surface area contributed by atoms with E-state index in [-0.39, 0.29) is 12.1 Å². The van der Waals surface area contributed by atoms with Gasteiger partial charge in [-0.1, -0.05) is 19.8 Å². The first-order valence-electron chi connectivity index (χ1n) is 10.9. The Morgan fingerprint density at radius 1 is 1.27 bits per heavy atom. The second-order valence-electron chi connectivity index (χ2n) is 8.76. The number of hydrogen-bond donors (Lipinski definition) is 3. The van der Waals surface area contributed by atoms with Crippen molar-refractivity contribution in [1.82, 2.24) is 20.3 Å². The predicted molar refractivity (Wildman–Crippen MR) is 121 cm³/mol. The number of amides is 1. The lowest BCUT2D eigenvalue weighted by Crippen LogP contribution is -2.49. The van der Waals surface area contributed by atoms with Gasteiger partial charge in [-0.25, -0.2) is 13.2 Å². The van der Waals surface area contributed by atoms with E-state index in [0.717, 1.165) is 32.1 Å². The SMILES string of the molecule is CCCCC(CNC(=O)OC(C)(C)C)NC(=NC[C@H]1CCCN1S(C)(=O)=O)NCC. The molecule has 9 nitrogen and oxygen atoms in total. The van der Waals surface area contributed by atoms with Crippen LogP contribution < -0.4 is 16.0 Å². The summed E-state index contributed by atoms with van der Waals surface area (Å²) in [5.41, 5.74) is -0.542. The van der Waals surface area contributed by atoms with Crippen molar-refractivity contribution >= 4 is 22.1 Å². The zero-order valence-corrected chi connectivity index (χ0v) is 20.3. The molecule has 1 aliphatic heterocycles. The van der Waals surface area contributed by atoms with Crippen LogP contribution in [0.25, 0.3) is 0 Å². The van der Waals surface area contributed by atoms with E-state index < -0.39 is 21.7 Å². The highest BCUT2D eigenvalue weighted by Gasteiger charge is 2.31. The van der Waals surface area contributed by atoms with E-state index in [0.29, 0.717) is 32.1 Å². The molecule has 2 atom stereocenters. The number of unbranched alkanes of at least 4 members (excludes halogenated alkanes) is 1. The normalized spacial score (nSPS) is 19.4. The lowest BCUT2D eigenvalue weighted by atomic mass is 10.1. The number of nitrogens with one attached hydrogen (secondary N) is 3. The fourth-order valence-corrected chi connectivity index (χ4v) is 4.51. The number of rotatable bonds is 10. The van der Waals surface area contributed by atoms with Gasteiger partial charge in [0.2, 0.25) is 10.0 Å². The summed E-state index contributed by atoms with van der Waals surface area (Å²) in [5.74, 6) is 0.630. The van der Waals surface area contributed by atoms with Crippen molar-refractivity contribution in [3.8, 4) is 0 Å². The van der Waals surface area contributed by atoms with Crippen LogP contribution in [0.15, 0.2) is 4.99 Å². The largest absolute Gasteiger partial charge is 0.444 e. The summed E-state index contributed by atoms with van der Waals surface area (Å²) in [6.07, 6.45) is 5.41. The highest BCUT2D eigenvalue weighted by Crippen LogP contribution is 2.20. The summed E-state index contributed by atoms with van der Waals surface area (Å²) in [6, 6.07) is -0.116. The fraction of sp³-hybridized carbons (Fsp3) is 0.900. The molecule has 0 saturated carbocycles. The molecule has 0 aromatic carbocycles. The molecular formula is C20H41N5O4S. The third-order valence-electron chi connectivity index (χ3n) is 4.69. The molecule has 10 heteroatoms. The molecule has 1 rings (SSSR count). The van der Waals surface area contributed by atoms with E-state index in [4.69, 9.17) is 4.74 Å². The van der Waals surface area contributed by atoms with E-state index in [1.165, 1.54) is 6.26 Å². The maximum absolute atomic E-state index is 12.0. The fourth-order valence-electron chi connectivity index (χ4n) is 3.33. The number of ether oxygens (including phenoxy) is 1. The van der Waals surface area contributed by atoms with Crippen molar-refractivity contribution in [2.45, 2.75) is 84.4 Å². The Labute approximate surface area is 182 Å². The van der Waals surface area contributed by atoms with Gasteiger partial charge in [-0.15, -0.1) is 0 Å². The lowest BCUT2D eigenvalue weighted by molar-refractivity contribution is 0.0522. The molecule has 1 saturated heterocycles. The number of alkyl carbamates (subject to hydrolysis) is 1. The maximum Gasteiger partial charge on any atom is 0.407 e. The van der Waals surface area contributed by atoms with Gasteiger partial charge < -0.3 is 20.7 Å². The lowest BCUT2D eigenvalue weighted by Gasteiger charge is -2.25. The molecule has 176 valence electrons. The highest BCUT2D eigenvalue weighted by molar-refractivity contribution is 7.88. The van der Waals surface area contributed by atoms with Crippen LogP contribution in [0, 0.1) is 0 Å². The number of hydrogen-bond acceptors (Lipinski definition) is 5. The topological polar surface area (TPSA) is 112 Å². The average Bonchev–Trinajstić information content (AvgIpc) is 3.09. The van der Waals surface area contributed by atoms with Crippen LogP contribution >= 0.6 is 0 Å². The summed E-state index contributed by atoms with van der Waals surface area (Å²) in [7, 11) is -3.22. The third kappa shape index (κ3) is 10.5. The van der Waals surface area contributed by atoms with Crippen molar-refractivity contribution in [2.75, 3.05) is 32.4 Å². The van der Waals surface area contributed by atoms with Gasteiger partial charge in [-0.2, -0.15) is 4.31 Å². The number of carbonyl (C=O) groups is 1. The van der Waals surface area contributed by atoms with Gasteiger partial charge in [0.15, 0.2) is 5.96 Å². The van der Waals surface area contributed by atoms with Gasteiger partial charge in [-0.3, -0.25) is 4.99 Å². The van der Waals surface area contributed by atoms with Crippen molar-refractivity contribution < 1.29 is 17.9 Å². The summed E-state index contributed by atoms with van der Waals surface area (Å²) >= 11 is 0. The van der Waals surface area contributed by atoms with Gasteiger partial charge in [0, 0.05) is 31.7 Å². The minimum absolute atomic E-state index is 0.00939. The Morgan fingerprint density at radius 2 is 1.97 bits per heavy atom. The Hall–Kier alpha value is -1.55. The molecule has 0 spiro atoms. The monoisotopic (exact) mass is 447 g/mol. The molecule has 0 aromatic rings. The van der Waals surface area contributed by atoms with Crippen molar-refractivity contribution in [2.24, 2.45) is 4.99 Å². The van der Waals surface area contributed by atoms with E-state index in [1.807, 2.05) is 27.7 Å². The van der Waals surface area contributed by atoms with Gasteiger partial charge in [0.1, 0.15) is 5.60 Å². The van der Waals surface area contributed by atoms with Crippen LogP contribution in [0.4, 0.5) is 4.79 Å². The smallest absolute Gasteiger partial charge is 0.407 e. The molecule has 30 heavy (non-hydrogen) atoms. The number of guanidine groups is 1. The molecule has 0 aliphatic carbocycles. The van der Waals surface area contributed by atoms with Crippen LogP contribution in [-0.2, 0) is 14.8 Å². The van der Waals surface area contributed by atoms with Crippen LogP contribution in [0.3, 0.4) is 0 Å². The minimum atomic E-state index is -3.22. The molecule has 0 radical (unpaired) electrons. The second-order valence-corrected chi connectivity index (χ2v) is 10.7. The quantitative estimate of drug-likeness (QED) is 0.349. The van der Waals surface area contributed by atoms with Crippen LogP contribution in [0.5, 0.6) is 0 Å². The molecule has 1 amide bonds. The summed E-state index contributed by atoms with van der Waals surface area (Å²) in [5, 5.41) is 9.43. The van der Waals surface area contributed by atoms with Gasteiger partial charge >= 0.3 is 6.09 Å². The number of nitrogens with zero attached hydrogens (tertiary/aromatic N) is 2. The third-order valence-corrected chi connectivity index (χ3v) is 6.02. The Kier molecular flexibility index (Phi) is 10.9. The molecule has 0 aromatic heterocycles. The Balaban J connectivity index is 2.75. The summed E-state index contributed by atoms with van der Waals surface area (Å²) < 4.78 is 30.8. The zero-order chi connectivity index (χ0) is 22.8. The van der Waals surface area contributed by atoms with Crippen molar-refractivity contribution in [3.05, 3.63) is 0 Å². The van der Waals surface area contributed by atoms with Crippen molar-refractivity contribution in [3.63, 3.8) is 0 Å². The number of carbonyl (C=O) groups excluding carboxylic acids is 1. The number of aliphatic imine (C=N–C) groups is 1. The molecular weight excluding hydrogens is 406 g/mol. The second kappa shape index (κ2) is 12.3. The van der Waals surface area contributed by atoms with Gasteiger partial charge in [0.05, 0.1) is 12.8 Å². The van der Waals surface area contributed by atoms with E-state index >= 15 is 0 Å². The molecule has 1 heterocycles. The zero-order valence-electron chi connectivity index (χ0n) is 19.5. The molecule has 3 N–H and O–H groups in total. The molecule has 1 fully saturated rings. The minimum Gasteiger partial charge on any atom is -0.444 e.